The molecule has 0 aliphatic carbocycles. The number of methoxy groups -OCH3 is 1. The number of nitrogens with zero attached hydrogens (tertiary/aromatic N) is 1. The first-order chi connectivity index (χ1) is 15.0. The van der Waals surface area contributed by atoms with Crippen molar-refractivity contribution in [3.8, 4) is 11.5 Å². The zero-order valence-electron chi connectivity index (χ0n) is 19.0. The Balaban J connectivity index is 1.97. The quantitative estimate of drug-likeness (QED) is 0.519. The first kappa shape index (κ1) is 24.3. The van der Waals surface area contributed by atoms with Crippen molar-refractivity contribution in [1.82, 2.24) is 10.2 Å². The standard InChI is InChI=1S/C25H34N2O4/c1-5-16-26-25(29)20(3)27(18-21-10-7-6-9-19(21)2)24(28)11-8-17-31-23-14-12-22(30-4)13-15-23/h6-7,9-10,12-15,20H,5,8,11,16-18H2,1-4H3,(H,26,29)/t20-/m1/s1. The van der Waals surface area contributed by atoms with E-state index in [9.17, 15) is 9.59 Å². The first-order valence-corrected chi connectivity index (χ1v) is 10.8. The Labute approximate surface area is 185 Å². The molecule has 168 valence electrons. The number of carbonyl (C=O) groups is 2. The molecule has 31 heavy (non-hydrogen) atoms. The average Bonchev–Trinajstić information content (AvgIpc) is 2.79. The van der Waals surface area contributed by atoms with E-state index >= 15 is 0 Å². The molecule has 0 aliphatic heterocycles. The molecule has 2 aromatic rings. The van der Waals surface area contributed by atoms with Crippen molar-refractivity contribution in [2.75, 3.05) is 20.3 Å². The zero-order chi connectivity index (χ0) is 22.6. The molecule has 0 unspecified atom stereocenters. The SMILES string of the molecule is CCCNC(=O)[C@@H](C)N(Cc1ccccc1C)C(=O)CCCOc1ccc(OC)cc1. The highest BCUT2D eigenvalue weighted by Crippen LogP contribution is 2.18. The van der Waals surface area contributed by atoms with Gasteiger partial charge in [0.25, 0.3) is 0 Å². The van der Waals surface area contributed by atoms with Crippen LogP contribution in [0.15, 0.2) is 48.5 Å². The first-order valence-electron chi connectivity index (χ1n) is 10.8. The van der Waals surface area contributed by atoms with E-state index < -0.39 is 6.04 Å². The van der Waals surface area contributed by atoms with Crippen LogP contribution in [-0.2, 0) is 16.1 Å². The predicted octanol–water partition coefficient (Wildman–Crippen LogP) is 4.11. The summed E-state index contributed by atoms with van der Waals surface area (Å²) in [5, 5.41) is 2.90. The van der Waals surface area contributed by atoms with Gasteiger partial charge in [0.1, 0.15) is 17.5 Å². The van der Waals surface area contributed by atoms with Gasteiger partial charge in [-0.1, -0.05) is 31.2 Å². The Morgan fingerprint density at radius 3 is 2.39 bits per heavy atom. The van der Waals surface area contributed by atoms with E-state index in [2.05, 4.69) is 5.32 Å². The molecular weight excluding hydrogens is 392 g/mol. The van der Waals surface area contributed by atoms with Gasteiger partial charge in [-0.25, -0.2) is 0 Å². The van der Waals surface area contributed by atoms with Gasteiger partial charge in [0.05, 0.1) is 13.7 Å². The molecule has 0 aromatic heterocycles. The monoisotopic (exact) mass is 426 g/mol. The molecule has 2 aromatic carbocycles. The molecule has 0 bridgehead atoms. The predicted molar refractivity (Wildman–Crippen MR) is 122 cm³/mol. The van der Waals surface area contributed by atoms with Gasteiger partial charge in [-0.3, -0.25) is 9.59 Å². The van der Waals surface area contributed by atoms with Crippen molar-refractivity contribution >= 4 is 11.8 Å². The molecule has 0 spiro atoms. The van der Waals surface area contributed by atoms with Crippen molar-refractivity contribution in [3.63, 3.8) is 0 Å². The van der Waals surface area contributed by atoms with Gasteiger partial charge in [-0.2, -0.15) is 0 Å². The van der Waals surface area contributed by atoms with Gasteiger partial charge >= 0.3 is 0 Å². The van der Waals surface area contributed by atoms with Gasteiger partial charge in [0, 0.05) is 19.5 Å². The van der Waals surface area contributed by atoms with Gasteiger partial charge in [0.15, 0.2) is 0 Å². The number of hydrogen-bond donors (Lipinski definition) is 1. The van der Waals surface area contributed by atoms with Crippen molar-refractivity contribution in [2.24, 2.45) is 0 Å². The lowest BCUT2D eigenvalue weighted by Crippen LogP contribution is -2.47. The number of amides is 2. The van der Waals surface area contributed by atoms with Crippen LogP contribution < -0.4 is 14.8 Å². The molecule has 1 N–H and O–H groups in total. The second-order valence-corrected chi connectivity index (χ2v) is 7.54. The summed E-state index contributed by atoms with van der Waals surface area (Å²) in [6.07, 6.45) is 1.73. The highest BCUT2D eigenvalue weighted by Gasteiger charge is 2.26. The fourth-order valence-corrected chi connectivity index (χ4v) is 3.18. The van der Waals surface area contributed by atoms with E-state index in [4.69, 9.17) is 9.47 Å². The van der Waals surface area contributed by atoms with E-state index in [0.29, 0.717) is 32.5 Å². The molecule has 0 aliphatic rings. The number of ether oxygens (including phenoxy) is 2. The van der Waals surface area contributed by atoms with E-state index in [1.165, 1.54) is 0 Å². The van der Waals surface area contributed by atoms with E-state index in [1.807, 2.05) is 62.4 Å². The van der Waals surface area contributed by atoms with Crippen LogP contribution in [-0.4, -0.2) is 43.0 Å². The van der Waals surface area contributed by atoms with Gasteiger partial charge < -0.3 is 19.7 Å². The van der Waals surface area contributed by atoms with Crippen LogP contribution in [0.4, 0.5) is 0 Å². The Kier molecular flexibility index (Phi) is 9.88. The number of hydrogen-bond acceptors (Lipinski definition) is 4. The molecule has 0 saturated heterocycles. The van der Waals surface area contributed by atoms with Gasteiger partial charge in [0.2, 0.25) is 11.8 Å². The lowest BCUT2D eigenvalue weighted by molar-refractivity contribution is -0.140. The molecule has 2 rings (SSSR count). The lowest BCUT2D eigenvalue weighted by Gasteiger charge is -2.29. The normalized spacial score (nSPS) is 11.5. The maximum atomic E-state index is 13.0. The van der Waals surface area contributed by atoms with Crippen molar-refractivity contribution in [1.29, 1.82) is 0 Å². The van der Waals surface area contributed by atoms with Gasteiger partial charge in [-0.15, -0.1) is 0 Å². The third-order valence-corrected chi connectivity index (χ3v) is 5.18. The summed E-state index contributed by atoms with van der Waals surface area (Å²) in [6, 6.07) is 14.7. The largest absolute Gasteiger partial charge is 0.497 e. The van der Waals surface area contributed by atoms with Crippen LogP contribution in [0.2, 0.25) is 0 Å². The topological polar surface area (TPSA) is 67.9 Å². The Morgan fingerprint density at radius 2 is 1.74 bits per heavy atom. The van der Waals surface area contributed by atoms with Gasteiger partial charge in [-0.05, 0) is 62.1 Å². The zero-order valence-corrected chi connectivity index (χ0v) is 19.0. The Hall–Kier alpha value is -3.02. The molecular formula is C25H34N2O4. The van der Waals surface area contributed by atoms with Crippen LogP contribution in [0.5, 0.6) is 11.5 Å². The summed E-state index contributed by atoms with van der Waals surface area (Å²) in [4.78, 5) is 27.3. The summed E-state index contributed by atoms with van der Waals surface area (Å²) in [7, 11) is 1.62. The summed E-state index contributed by atoms with van der Waals surface area (Å²) in [5.74, 6) is 1.32. The number of aryl methyl sites for hydroxylation is 1. The highest BCUT2D eigenvalue weighted by molar-refractivity contribution is 5.87. The minimum atomic E-state index is -0.541. The minimum absolute atomic E-state index is 0.0549. The third kappa shape index (κ3) is 7.63. The molecule has 6 nitrogen and oxygen atoms in total. The van der Waals surface area contributed by atoms with Crippen LogP contribution in [0.3, 0.4) is 0 Å². The van der Waals surface area contributed by atoms with Crippen LogP contribution in [0, 0.1) is 6.92 Å². The third-order valence-electron chi connectivity index (χ3n) is 5.18. The molecule has 0 fully saturated rings. The maximum absolute atomic E-state index is 13.0. The van der Waals surface area contributed by atoms with E-state index in [1.54, 1.807) is 18.9 Å². The molecule has 0 saturated carbocycles. The smallest absolute Gasteiger partial charge is 0.242 e. The van der Waals surface area contributed by atoms with Crippen molar-refractivity contribution in [2.45, 2.75) is 52.6 Å². The van der Waals surface area contributed by atoms with Crippen LogP contribution >= 0.6 is 0 Å². The summed E-state index contributed by atoms with van der Waals surface area (Å²) >= 11 is 0. The number of benzene rings is 2. The molecule has 2 amide bonds. The fraction of sp³-hybridized carbons (Fsp3) is 0.440. The second kappa shape index (κ2) is 12.6. The van der Waals surface area contributed by atoms with Crippen molar-refractivity contribution in [3.05, 3.63) is 59.7 Å². The maximum Gasteiger partial charge on any atom is 0.242 e. The summed E-state index contributed by atoms with van der Waals surface area (Å²) < 4.78 is 10.9. The summed E-state index contributed by atoms with van der Waals surface area (Å²) in [5.41, 5.74) is 2.14. The number of rotatable bonds is 12. The van der Waals surface area contributed by atoms with E-state index in [0.717, 1.165) is 29.0 Å². The fourth-order valence-electron chi connectivity index (χ4n) is 3.18. The van der Waals surface area contributed by atoms with Crippen LogP contribution in [0.25, 0.3) is 0 Å². The highest BCUT2D eigenvalue weighted by atomic mass is 16.5. The number of nitrogens with one attached hydrogen (secondary N) is 1. The second-order valence-electron chi connectivity index (χ2n) is 7.54. The van der Waals surface area contributed by atoms with Crippen LogP contribution in [0.1, 0.15) is 44.2 Å². The lowest BCUT2D eigenvalue weighted by atomic mass is 10.1. The number of carbonyl (C=O) groups excluding carboxylic acids is 2. The average molecular weight is 427 g/mol. The Bertz CT molecular complexity index is 836. The van der Waals surface area contributed by atoms with Crippen molar-refractivity contribution < 1.29 is 19.1 Å². The molecule has 1 atom stereocenters. The van der Waals surface area contributed by atoms with E-state index in [-0.39, 0.29) is 11.8 Å². The minimum Gasteiger partial charge on any atom is -0.497 e. The molecule has 0 heterocycles. The Morgan fingerprint density at radius 1 is 1.06 bits per heavy atom. The summed E-state index contributed by atoms with van der Waals surface area (Å²) in [6.45, 7) is 7.24. The molecule has 0 radical (unpaired) electrons. The molecule has 6 heteroatoms.